The average molecular weight is 358 g/mol. The number of carbonyl (C=O) groups is 1. The van der Waals surface area contributed by atoms with Crippen molar-refractivity contribution in [1.82, 2.24) is 5.32 Å². The van der Waals surface area contributed by atoms with Gasteiger partial charge in [0.1, 0.15) is 11.2 Å². The molecular formula is C19H22N2O3S. The van der Waals surface area contributed by atoms with Gasteiger partial charge >= 0.3 is 0 Å². The minimum atomic E-state index is -0.266. The number of benzene rings is 1. The Morgan fingerprint density at radius 1 is 1.16 bits per heavy atom. The van der Waals surface area contributed by atoms with E-state index in [2.05, 4.69) is 17.6 Å². The third-order valence-corrected chi connectivity index (χ3v) is 6.22. The monoisotopic (exact) mass is 358 g/mol. The summed E-state index contributed by atoms with van der Waals surface area (Å²) in [7, 11) is 3.22. The van der Waals surface area contributed by atoms with E-state index in [9.17, 15) is 4.79 Å². The molecule has 6 heteroatoms. The lowest BCUT2D eigenvalue weighted by Gasteiger charge is -2.27. The van der Waals surface area contributed by atoms with Crippen LogP contribution in [0.1, 0.15) is 45.9 Å². The predicted octanol–water partition coefficient (Wildman–Crippen LogP) is 3.74. The first-order chi connectivity index (χ1) is 12.1. The molecular weight excluding hydrogens is 336 g/mol. The highest BCUT2D eigenvalue weighted by molar-refractivity contribution is 7.16. The lowest BCUT2D eigenvalue weighted by atomic mass is 9.88. The van der Waals surface area contributed by atoms with Gasteiger partial charge in [0.25, 0.3) is 5.91 Å². The molecule has 1 amide bonds. The topological polar surface area (TPSA) is 59.6 Å². The molecule has 2 aliphatic rings. The zero-order valence-electron chi connectivity index (χ0n) is 14.6. The second-order valence-electron chi connectivity index (χ2n) is 6.72. The van der Waals surface area contributed by atoms with Crippen LogP contribution in [0.4, 0.5) is 5.00 Å². The minimum Gasteiger partial charge on any atom is -0.493 e. The first-order valence-corrected chi connectivity index (χ1v) is 9.36. The lowest BCUT2D eigenvalue weighted by molar-refractivity contribution is 0.0935. The Balaban J connectivity index is 1.67. The molecule has 0 saturated heterocycles. The van der Waals surface area contributed by atoms with E-state index >= 15 is 0 Å². The minimum absolute atomic E-state index is 0.0144. The highest BCUT2D eigenvalue weighted by Gasteiger charge is 2.33. The smallest absolute Gasteiger partial charge is 0.256 e. The molecule has 25 heavy (non-hydrogen) atoms. The van der Waals surface area contributed by atoms with E-state index in [0.29, 0.717) is 17.4 Å². The molecule has 0 saturated carbocycles. The third kappa shape index (κ3) is 2.74. The maximum atomic E-state index is 12.8. The Labute approximate surface area is 151 Å². The Morgan fingerprint density at radius 2 is 1.96 bits per heavy atom. The van der Waals surface area contributed by atoms with Crippen LogP contribution in [0.5, 0.6) is 11.5 Å². The second kappa shape index (κ2) is 6.26. The molecule has 1 aromatic heterocycles. The molecule has 0 radical (unpaired) electrons. The summed E-state index contributed by atoms with van der Waals surface area (Å²) in [5, 5.41) is 7.57. The molecule has 1 aliphatic heterocycles. The van der Waals surface area contributed by atoms with Crippen molar-refractivity contribution >= 4 is 22.2 Å². The van der Waals surface area contributed by atoms with Crippen LogP contribution < -0.4 is 20.1 Å². The molecule has 0 bridgehead atoms. The third-order valence-electron chi connectivity index (χ3n) is 5.03. The van der Waals surface area contributed by atoms with Crippen molar-refractivity contribution in [1.29, 1.82) is 0 Å². The first-order valence-electron chi connectivity index (χ1n) is 8.54. The number of nitrogens with one attached hydrogen (secondary N) is 2. The van der Waals surface area contributed by atoms with Gasteiger partial charge in [-0.05, 0) is 48.4 Å². The van der Waals surface area contributed by atoms with Crippen molar-refractivity contribution in [2.45, 2.75) is 32.4 Å². The molecule has 132 valence electrons. The molecule has 1 aromatic carbocycles. The highest BCUT2D eigenvalue weighted by Crippen LogP contribution is 2.43. The van der Waals surface area contributed by atoms with Crippen LogP contribution in [0.15, 0.2) is 18.2 Å². The molecule has 2 unspecified atom stereocenters. The van der Waals surface area contributed by atoms with E-state index < -0.39 is 0 Å². The fourth-order valence-corrected chi connectivity index (χ4v) is 5.10. The van der Waals surface area contributed by atoms with Gasteiger partial charge in [0.05, 0.1) is 19.8 Å². The van der Waals surface area contributed by atoms with Crippen LogP contribution in [0.25, 0.3) is 0 Å². The van der Waals surface area contributed by atoms with Gasteiger partial charge in [0.15, 0.2) is 11.5 Å². The second-order valence-corrected chi connectivity index (χ2v) is 7.83. The van der Waals surface area contributed by atoms with Crippen LogP contribution in [-0.4, -0.2) is 20.1 Å². The molecule has 0 fully saturated rings. The van der Waals surface area contributed by atoms with Crippen molar-refractivity contribution < 1.29 is 14.3 Å². The SMILES string of the molecule is COc1ccc(C2NC(=O)c3c(sc4c3CCC(C)C4)N2)cc1OC. The van der Waals surface area contributed by atoms with Crippen LogP contribution in [0.2, 0.25) is 0 Å². The largest absolute Gasteiger partial charge is 0.493 e. The molecule has 5 nitrogen and oxygen atoms in total. The van der Waals surface area contributed by atoms with Crippen molar-refractivity contribution in [3.8, 4) is 11.5 Å². The summed E-state index contributed by atoms with van der Waals surface area (Å²) < 4.78 is 10.7. The van der Waals surface area contributed by atoms with E-state index in [0.717, 1.165) is 35.4 Å². The number of methoxy groups -OCH3 is 2. The average Bonchev–Trinajstić information content (AvgIpc) is 2.98. The molecule has 2 aromatic rings. The van der Waals surface area contributed by atoms with Crippen molar-refractivity contribution in [3.05, 3.63) is 39.8 Å². The van der Waals surface area contributed by atoms with E-state index in [1.54, 1.807) is 25.6 Å². The number of anilines is 1. The fraction of sp³-hybridized carbons (Fsp3) is 0.421. The van der Waals surface area contributed by atoms with Crippen molar-refractivity contribution in [2.24, 2.45) is 5.92 Å². The molecule has 4 rings (SSSR count). The number of hydrogen-bond acceptors (Lipinski definition) is 5. The summed E-state index contributed by atoms with van der Waals surface area (Å²) in [4.78, 5) is 14.1. The van der Waals surface area contributed by atoms with Gasteiger partial charge in [0, 0.05) is 4.88 Å². The lowest BCUT2D eigenvalue weighted by Crippen LogP contribution is -2.38. The van der Waals surface area contributed by atoms with Crippen LogP contribution in [-0.2, 0) is 12.8 Å². The van der Waals surface area contributed by atoms with Crippen molar-refractivity contribution in [3.63, 3.8) is 0 Å². The summed E-state index contributed by atoms with van der Waals surface area (Å²) in [5.41, 5.74) is 3.04. The maximum Gasteiger partial charge on any atom is 0.256 e. The predicted molar refractivity (Wildman–Crippen MR) is 98.9 cm³/mol. The Bertz CT molecular complexity index is 830. The molecule has 1 aliphatic carbocycles. The van der Waals surface area contributed by atoms with Gasteiger partial charge < -0.3 is 20.1 Å². The van der Waals surface area contributed by atoms with Gasteiger partial charge in [-0.25, -0.2) is 0 Å². The zero-order chi connectivity index (χ0) is 17.6. The van der Waals surface area contributed by atoms with E-state index in [4.69, 9.17) is 9.47 Å². The highest BCUT2D eigenvalue weighted by atomic mass is 32.1. The van der Waals surface area contributed by atoms with Gasteiger partial charge in [-0.2, -0.15) is 0 Å². The van der Waals surface area contributed by atoms with Gasteiger partial charge in [-0.1, -0.05) is 13.0 Å². The number of fused-ring (bicyclic) bond motifs is 3. The number of hydrogen-bond donors (Lipinski definition) is 2. The Kier molecular flexibility index (Phi) is 4.07. The van der Waals surface area contributed by atoms with E-state index in [1.165, 1.54) is 10.4 Å². The van der Waals surface area contributed by atoms with E-state index in [-0.39, 0.29) is 12.1 Å². The number of carbonyl (C=O) groups excluding carboxylic acids is 1. The summed E-state index contributed by atoms with van der Waals surface area (Å²) >= 11 is 1.73. The van der Waals surface area contributed by atoms with Crippen LogP contribution in [0.3, 0.4) is 0 Å². The molecule has 2 N–H and O–H groups in total. The standard InChI is InChI=1S/C19H22N2O3S/c1-10-4-6-12-15(8-10)25-19-16(12)18(22)20-17(21-19)11-5-7-13(23-2)14(9-11)24-3/h5,7,9-10,17,21H,4,6,8H2,1-3H3,(H,20,22). The molecule has 0 spiro atoms. The number of thiophene rings is 1. The Hall–Kier alpha value is -2.21. The first kappa shape index (κ1) is 16.3. The Morgan fingerprint density at radius 3 is 2.72 bits per heavy atom. The van der Waals surface area contributed by atoms with Crippen molar-refractivity contribution in [2.75, 3.05) is 19.5 Å². The van der Waals surface area contributed by atoms with E-state index in [1.807, 2.05) is 18.2 Å². The van der Waals surface area contributed by atoms with Gasteiger partial charge in [-0.15, -0.1) is 11.3 Å². The van der Waals surface area contributed by atoms with Crippen LogP contribution in [0, 0.1) is 5.92 Å². The van der Waals surface area contributed by atoms with Gasteiger partial charge in [0.2, 0.25) is 0 Å². The van der Waals surface area contributed by atoms with Crippen LogP contribution >= 0.6 is 11.3 Å². The number of ether oxygens (including phenoxy) is 2. The van der Waals surface area contributed by atoms with Gasteiger partial charge in [-0.3, -0.25) is 4.79 Å². The number of rotatable bonds is 3. The fourth-order valence-electron chi connectivity index (χ4n) is 3.66. The zero-order valence-corrected chi connectivity index (χ0v) is 15.5. The maximum absolute atomic E-state index is 12.8. The quantitative estimate of drug-likeness (QED) is 0.877. The normalized spacial score (nSPS) is 21.6. The molecule has 2 atom stereocenters. The summed E-state index contributed by atoms with van der Waals surface area (Å²) in [6.45, 7) is 2.28. The summed E-state index contributed by atoms with van der Waals surface area (Å²) in [6.07, 6.45) is 2.96. The number of amides is 1. The molecule has 2 heterocycles. The summed E-state index contributed by atoms with van der Waals surface area (Å²) in [5.74, 6) is 2.04. The summed E-state index contributed by atoms with van der Waals surface area (Å²) in [6, 6.07) is 5.70.